The van der Waals surface area contributed by atoms with Crippen molar-refractivity contribution in [1.29, 1.82) is 0 Å². The van der Waals surface area contributed by atoms with E-state index in [0.29, 0.717) is 24.5 Å². The Balaban J connectivity index is 2.00. The van der Waals surface area contributed by atoms with Crippen molar-refractivity contribution in [2.45, 2.75) is 4.83 Å². The molecule has 0 saturated heterocycles. The van der Waals surface area contributed by atoms with Crippen LogP contribution in [0, 0.1) is 0 Å². The van der Waals surface area contributed by atoms with Gasteiger partial charge in [0.2, 0.25) is 0 Å². The first kappa shape index (κ1) is 14.6. The maximum atomic E-state index is 12.1. The Morgan fingerprint density at radius 2 is 2.00 bits per heavy atom. The van der Waals surface area contributed by atoms with Crippen molar-refractivity contribution in [3.05, 3.63) is 63.6 Å². The first-order valence-electron chi connectivity index (χ1n) is 6.60. The summed E-state index contributed by atoms with van der Waals surface area (Å²) < 4.78 is 6.61. The average molecular weight is 411 g/mol. The lowest BCUT2D eigenvalue weighted by atomic mass is 10.0. The number of carbonyl (C=O) groups excluding carboxylic acids is 1. The first-order chi connectivity index (χ1) is 10.2. The SMILES string of the molecule is O=C1NCCOc2ccc(C(Br)c3ccccc3Br)cc21. The van der Waals surface area contributed by atoms with Crippen molar-refractivity contribution < 1.29 is 9.53 Å². The molecule has 2 aromatic rings. The summed E-state index contributed by atoms with van der Waals surface area (Å²) in [7, 11) is 0. The Labute approximate surface area is 140 Å². The molecule has 0 fully saturated rings. The number of rotatable bonds is 2. The Morgan fingerprint density at radius 1 is 1.19 bits per heavy atom. The van der Waals surface area contributed by atoms with Crippen molar-refractivity contribution in [3.8, 4) is 5.75 Å². The third kappa shape index (κ3) is 2.99. The highest BCUT2D eigenvalue weighted by atomic mass is 79.9. The summed E-state index contributed by atoms with van der Waals surface area (Å²) in [4.78, 5) is 12.1. The van der Waals surface area contributed by atoms with Crippen molar-refractivity contribution >= 4 is 37.8 Å². The predicted octanol–water partition coefficient (Wildman–Crippen LogP) is 4.06. The molecule has 0 saturated carbocycles. The highest BCUT2D eigenvalue weighted by molar-refractivity contribution is 9.11. The standard InChI is InChI=1S/C16H13Br2NO2/c17-13-4-2-1-3-11(13)15(18)10-5-6-14-12(9-10)16(20)19-7-8-21-14/h1-6,9,15H,7-8H2,(H,19,20). The molecule has 1 N–H and O–H groups in total. The number of benzene rings is 2. The van der Waals surface area contributed by atoms with Crippen molar-refractivity contribution in [2.75, 3.05) is 13.2 Å². The molecule has 3 nitrogen and oxygen atoms in total. The third-order valence-corrected chi connectivity index (χ3v) is 5.11. The van der Waals surface area contributed by atoms with Crippen LogP contribution in [0.5, 0.6) is 5.75 Å². The molecule has 1 heterocycles. The Kier molecular flexibility index (Phi) is 4.31. The van der Waals surface area contributed by atoms with Gasteiger partial charge in [0, 0.05) is 4.47 Å². The maximum Gasteiger partial charge on any atom is 0.255 e. The summed E-state index contributed by atoms with van der Waals surface area (Å²) in [6, 6.07) is 13.7. The van der Waals surface area contributed by atoms with Crippen LogP contribution in [0.2, 0.25) is 0 Å². The molecular weight excluding hydrogens is 398 g/mol. The number of carbonyl (C=O) groups is 1. The van der Waals surface area contributed by atoms with Gasteiger partial charge in [-0.05, 0) is 29.3 Å². The van der Waals surface area contributed by atoms with Crippen LogP contribution in [-0.2, 0) is 0 Å². The second kappa shape index (κ2) is 6.20. The van der Waals surface area contributed by atoms with E-state index in [9.17, 15) is 4.79 Å². The van der Waals surface area contributed by atoms with Crippen LogP contribution < -0.4 is 10.1 Å². The smallest absolute Gasteiger partial charge is 0.255 e. The molecular formula is C16H13Br2NO2. The lowest BCUT2D eigenvalue weighted by Gasteiger charge is -2.14. The number of hydrogen-bond donors (Lipinski definition) is 1. The fraction of sp³-hybridized carbons (Fsp3) is 0.188. The van der Waals surface area contributed by atoms with Crippen molar-refractivity contribution in [1.82, 2.24) is 5.32 Å². The molecule has 1 amide bonds. The highest BCUT2D eigenvalue weighted by Crippen LogP contribution is 2.37. The van der Waals surface area contributed by atoms with Gasteiger partial charge in [-0.25, -0.2) is 0 Å². The number of nitrogens with one attached hydrogen (secondary N) is 1. The van der Waals surface area contributed by atoms with Crippen LogP contribution in [0.25, 0.3) is 0 Å². The van der Waals surface area contributed by atoms with Crippen molar-refractivity contribution in [3.63, 3.8) is 0 Å². The fourth-order valence-corrected chi connectivity index (χ4v) is 3.79. The molecule has 0 radical (unpaired) electrons. The van der Waals surface area contributed by atoms with Gasteiger partial charge in [-0.3, -0.25) is 4.79 Å². The third-order valence-electron chi connectivity index (χ3n) is 3.36. The van der Waals surface area contributed by atoms with E-state index in [-0.39, 0.29) is 10.7 Å². The molecule has 1 aliphatic heterocycles. The largest absolute Gasteiger partial charge is 0.491 e. The predicted molar refractivity (Wildman–Crippen MR) is 89.2 cm³/mol. The van der Waals surface area contributed by atoms with E-state index in [2.05, 4.69) is 37.2 Å². The Bertz CT molecular complexity index is 688. The second-order valence-corrected chi connectivity index (χ2v) is 6.51. The second-order valence-electron chi connectivity index (χ2n) is 4.74. The summed E-state index contributed by atoms with van der Waals surface area (Å²) >= 11 is 7.27. The van der Waals surface area contributed by atoms with Crippen LogP contribution in [0.1, 0.15) is 26.3 Å². The molecule has 1 atom stereocenters. The van der Waals surface area contributed by atoms with Crippen LogP contribution in [0.15, 0.2) is 46.9 Å². The molecule has 2 aromatic carbocycles. The number of alkyl halides is 1. The number of ether oxygens (including phenoxy) is 1. The van der Waals surface area contributed by atoms with Gasteiger partial charge in [0.25, 0.3) is 5.91 Å². The number of hydrogen-bond acceptors (Lipinski definition) is 2. The molecule has 21 heavy (non-hydrogen) atoms. The molecule has 3 rings (SSSR count). The lowest BCUT2D eigenvalue weighted by molar-refractivity contribution is 0.0957. The Morgan fingerprint density at radius 3 is 2.81 bits per heavy atom. The highest BCUT2D eigenvalue weighted by Gasteiger charge is 2.20. The number of fused-ring (bicyclic) bond motifs is 1. The van der Waals surface area contributed by atoms with Gasteiger partial charge < -0.3 is 10.1 Å². The summed E-state index contributed by atoms with van der Waals surface area (Å²) in [6.45, 7) is 1.03. The topological polar surface area (TPSA) is 38.3 Å². The van der Waals surface area contributed by atoms with E-state index in [1.807, 2.05) is 42.5 Å². The number of amides is 1. The van der Waals surface area contributed by atoms with Crippen LogP contribution >= 0.6 is 31.9 Å². The van der Waals surface area contributed by atoms with E-state index in [1.54, 1.807) is 0 Å². The molecule has 0 spiro atoms. The molecule has 1 aliphatic rings. The van der Waals surface area contributed by atoms with E-state index in [0.717, 1.165) is 15.6 Å². The fourth-order valence-electron chi connectivity index (χ4n) is 2.29. The molecule has 0 aliphatic carbocycles. The van der Waals surface area contributed by atoms with Gasteiger partial charge in [0.15, 0.2) is 0 Å². The lowest BCUT2D eigenvalue weighted by Crippen LogP contribution is -2.24. The minimum Gasteiger partial charge on any atom is -0.491 e. The summed E-state index contributed by atoms with van der Waals surface area (Å²) in [5.74, 6) is 0.553. The number of halogens is 2. The summed E-state index contributed by atoms with van der Waals surface area (Å²) in [5.41, 5.74) is 2.72. The maximum absolute atomic E-state index is 12.1. The quantitative estimate of drug-likeness (QED) is 0.758. The van der Waals surface area contributed by atoms with E-state index in [1.165, 1.54) is 0 Å². The first-order valence-corrected chi connectivity index (χ1v) is 8.31. The molecule has 1 unspecified atom stereocenters. The zero-order valence-electron chi connectivity index (χ0n) is 11.1. The zero-order chi connectivity index (χ0) is 14.8. The molecule has 108 valence electrons. The monoisotopic (exact) mass is 409 g/mol. The van der Waals surface area contributed by atoms with Crippen molar-refractivity contribution in [2.24, 2.45) is 0 Å². The zero-order valence-corrected chi connectivity index (χ0v) is 14.3. The Hall–Kier alpha value is -1.33. The normalized spacial score (nSPS) is 15.4. The van der Waals surface area contributed by atoms with Gasteiger partial charge in [-0.1, -0.05) is 56.1 Å². The van der Waals surface area contributed by atoms with Crippen LogP contribution in [-0.4, -0.2) is 19.1 Å². The molecule has 0 aromatic heterocycles. The van der Waals surface area contributed by atoms with Gasteiger partial charge in [0.1, 0.15) is 12.4 Å². The van der Waals surface area contributed by atoms with Gasteiger partial charge >= 0.3 is 0 Å². The van der Waals surface area contributed by atoms with E-state index >= 15 is 0 Å². The van der Waals surface area contributed by atoms with Crippen LogP contribution in [0.4, 0.5) is 0 Å². The summed E-state index contributed by atoms with van der Waals surface area (Å²) in [6.07, 6.45) is 0. The molecule has 0 bridgehead atoms. The van der Waals surface area contributed by atoms with Crippen LogP contribution in [0.3, 0.4) is 0 Å². The van der Waals surface area contributed by atoms with E-state index < -0.39 is 0 Å². The minimum absolute atomic E-state index is 0.00873. The van der Waals surface area contributed by atoms with E-state index in [4.69, 9.17) is 4.74 Å². The summed E-state index contributed by atoms with van der Waals surface area (Å²) in [5, 5.41) is 2.83. The van der Waals surface area contributed by atoms with Gasteiger partial charge in [-0.2, -0.15) is 0 Å². The van der Waals surface area contributed by atoms with Gasteiger partial charge in [0.05, 0.1) is 16.9 Å². The minimum atomic E-state index is -0.0869. The molecule has 5 heteroatoms. The average Bonchev–Trinajstić information content (AvgIpc) is 2.69. The van der Waals surface area contributed by atoms with Gasteiger partial charge in [-0.15, -0.1) is 0 Å².